The Hall–Kier alpha value is -1.89. The second-order valence-corrected chi connectivity index (χ2v) is 6.01. The van der Waals surface area contributed by atoms with Crippen molar-refractivity contribution in [3.05, 3.63) is 48.3 Å². The smallest absolute Gasteiger partial charge is 0.328 e. The van der Waals surface area contributed by atoms with Crippen LogP contribution in [0.1, 0.15) is 64.7 Å². The van der Waals surface area contributed by atoms with E-state index in [0.717, 1.165) is 31.8 Å². The van der Waals surface area contributed by atoms with E-state index in [4.69, 9.17) is 15.6 Å². The first-order valence-electron chi connectivity index (χ1n) is 9.20. The van der Waals surface area contributed by atoms with Crippen LogP contribution in [0, 0.1) is 0 Å². The third kappa shape index (κ3) is 15.6. The fourth-order valence-corrected chi connectivity index (χ4v) is 2.35. The molecule has 0 rings (SSSR count). The summed E-state index contributed by atoms with van der Waals surface area (Å²) in [5.74, 6) is -0.962. The van der Waals surface area contributed by atoms with Gasteiger partial charge in [0, 0.05) is 6.08 Å². The number of carboxylic acids is 1. The molecule has 0 radical (unpaired) electrons. The fourth-order valence-electron chi connectivity index (χ4n) is 2.35. The first-order chi connectivity index (χ1) is 12.6. The lowest BCUT2D eigenvalue weighted by molar-refractivity contribution is -0.281. The number of allylic oxidation sites excluding steroid dienone is 6. The standard InChI is InChI=1S/C20H32O6/c1-2-3-4-5-6-9-13-18(25-23)14-10-7-8-11-15-19(26-24)16-12-17-20(21)22/h7-8,11-12,15-18,23-24H,2-6,9-10,13-14H2,1H3,(H,21,22). The first kappa shape index (κ1) is 24.1. The number of carbonyl (C=O) groups is 1. The zero-order valence-electron chi connectivity index (χ0n) is 15.5. The van der Waals surface area contributed by atoms with Gasteiger partial charge in [-0.15, -0.1) is 0 Å². The molecule has 0 bridgehead atoms. The van der Waals surface area contributed by atoms with Gasteiger partial charge in [-0.25, -0.2) is 14.9 Å². The molecule has 0 amide bonds. The van der Waals surface area contributed by atoms with Crippen molar-refractivity contribution in [2.24, 2.45) is 0 Å². The van der Waals surface area contributed by atoms with Gasteiger partial charge >= 0.3 is 5.97 Å². The highest BCUT2D eigenvalue weighted by Crippen LogP contribution is 2.13. The van der Waals surface area contributed by atoms with Gasteiger partial charge in [0.05, 0.1) is 6.10 Å². The Labute approximate surface area is 156 Å². The second kappa shape index (κ2) is 17.9. The molecular weight excluding hydrogens is 336 g/mol. The number of rotatable bonds is 16. The van der Waals surface area contributed by atoms with Crippen molar-refractivity contribution < 1.29 is 30.2 Å². The Morgan fingerprint density at radius 3 is 2.35 bits per heavy atom. The molecule has 148 valence electrons. The van der Waals surface area contributed by atoms with Gasteiger partial charge in [-0.2, -0.15) is 0 Å². The van der Waals surface area contributed by atoms with Crippen LogP contribution in [0.3, 0.4) is 0 Å². The van der Waals surface area contributed by atoms with Crippen molar-refractivity contribution in [3.8, 4) is 0 Å². The second-order valence-electron chi connectivity index (χ2n) is 6.01. The topological polar surface area (TPSA) is 96.2 Å². The van der Waals surface area contributed by atoms with E-state index < -0.39 is 5.97 Å². The zero-order chi connectivity index (χ0) is 19.5. The van der Waals surface area contributed by atoms with Crippen molar-refractivity contribution >= 4 is 5.97 Å². The molecule has 1 unspecified atom stereocenters. The minimum absolute atomic E-state index is 0.117. The lowest BCUT2D eigenvalue weighted by Gasteiger charge is -2.11. The molecule has 26 heavy (non-hydrogen) atoms. The van der Waals surface area contributed by atoms with Gasteiger partial charge in [0.1, 0.15) is 0 Å². The molecule has 0 aliphatic rings. The molecule has 0 aromatic rings. The Balaban J connectivity index is 4.01. The lowest BCUT2D eigenvalue weighted by Crippen LogP contribution is -2.10. The quantitative estimate of drug-likeness (QED) is 0.0831. The highest BCUT2D eigenvalue weighted by molar-refractivity contribution is 5.80. The van der Waals surface area contributed by atoms with E-state index in [1.165, 1.54) is 50.3 Å². The van der Waals surface area contributed by atoms with Crippen LogP contribution in [-0.4, -0.2) is 27.7 Å². The zero-order valence-corrected chi connectivity index (χ0v) is 15.5. The summed E-state index contributed by atoms with van der Waals surface area (Å²) in [6.45, 7) is 2.20. The molecule has 0 saturated carbocycles. The van der Waals surface area contributed by atoms with Crippen molar-refractivity contribution in [3.63, 3.8) is 0 Å². The first-order valence-corrected chi connectivity index (χ1v) is 9.20. The molecule has 0 aromatic heterocycles. The van der Waals surface area contributed by atoms with Crippen LogP contribution < -0.4 is 0 Å². The fraction of sp³-hybridized carbons (Fsp3) is 0.550. The molecule has 0 aliphatic heterocycles. The molecule has 0 aliphatic carbocycles. The summed E-state index contributed by atoms with van der Waals surface area (Å²) < 4.78 is 0. The maximum atomic E-state index is 10.3. The van der Waals surface area contributed by atoms with Crippen LogP contribution in [0.2, 0.25) is 0 Å². The highest BCUT2D eigenvalue weighted by Gasteiger charge is 2.07. The summed E-state index contributed by atoms with van der Waals surface area (Å²) in [5, 5.41) is 26.1. The van der Waals surface area contributed by atoms with Crippen molar-refractivity contribution in [2.75, 3.05) is 0 Å². The normalized spacial score (nSPS) is 13.9. The summed E-state index contributed by atoms with van der Waals surface area (Å²) >= 11 is 0. The van der Waals surface area contributed by atoms with E-state index >= 15 is 0 Å². The number of hydrogen-bond acceptors (Lipinski definition) is 5. The number of carboxylic acid groups (broad SMARTS) is 1. The van der Waals surface area contributed by atoms with Gasteiger partial charge in [0.2, 0.25) is 0 Å². The van der Waals surface area contributed by atoms with Gasteiger partial charge < -0.3 is 9.99 Å². The minimum atomic E-state index is -1.08. The lowest BCUT2D eigenvalue weighted by atomic mass is 10.0. The third-order valence-electron chi connectivity index (χ3n) is 3.80. The number of hydrogen-bond donors (Lipinski definition) is 3. The van der Waals surface area contributed by atoms with E-state index in [9.17, 15) is 4.79 Å². The number of aliphatic carboxylic acids is 1. The van der Waals surface area contributed by atoms with E-state index in [2.05, 4.69) is 16.7 Å². The SMILES string of the molecule is CCCCCCCCC(CCC=CC=CC(=CC=CC(=O)O)OO)OO. The van der Waals surface area contributed by atoms with Crippen molar-refractivity contribution in [2.45, 2.75) is 70.8 Å². The van der Waals surface area contributed by atoms with Gasteiger partial charge in [-0.3, -0.25) is 5.26 Å². The largest absolute Gasteiger partial charge is 0.478 e. The molecule has 0 aromatic carbocycles. The van der Waals surface area contributed by atoms with Gasteiger partial charge in [-0.05, 0) is 31.4 Å². The van der Waals surface area contributed by atoms with Crippen LogP contribution in [0.5, 0.6) is 0 Å². The third-order valence-corrected chi connectivity index (χ3v) is 3.80. The van der Waals surface area contributed by atoms with Crippen LogP contribution in [-0.2, 0) is 14.6 Å². The van der Waals surface area contributed by atoms with Gasteiger partial charge in [0.15, 0.2) is 5.76 Å². The van der Waals surface area contributed by atoms with E-state index in [1.54, 1.807) is 12.2 Å². The van der Waals surface area contributed by atoms with Crippen LogP contribution in [0.15, 0.2) is 48.3 Å². The summed E-state index contributed by atoms with van der Waals surface area (Å²) in [6, 6.07) is 0. The Kier molecular flexibility index (Phi) is 16.6. The average molecular weight is 368 g/mol. The van der Waals surface area contributed by atoms with Crippen LogP contribution in [0.25, 0.3) is 0 Å². The van der Waals surface area contributed by atoms with E-state index in [0.29, 0.717) is 0 Å². The molecular formula is C20H32O6. The number of unbranched alkanes of at least 4 members (excludes halogenated alkanes) is 5. The minimum Gasteiger partial charge on any atom is -0.478 e. The molecule has 1 atom stereocenters. The summed E-state index contributed by atoms with van der Waals surface area (Å²) in [6.07, 6.45) is 19.9. The van der Waals surface area contributed by atoms with Crippen molar-refractivity contribution in [1.29, 1.82) is 0 Å². The Morgan fingerprint density at radius 2 is 1.69 bits per heavy atom. The molecule has 6 heteroatoms. The van der Waals surface area contributed by atoms with Gasteiger partial charge in [0.25, 0.3) is 0 Å². The maximum absolute atomic E-state index is 10.3. The van der Waals surface area contributed by atoms with Gasteiger partial charge in [-0.1, -0.05) is 69.8 Å². The monoisotopic (exact) mass is 368 g/mol. The molecule has 0 saturated heterocycles. The molecule has 3 N–H and O–H groups in total. The van der Waals surface area contributed by atoms with E-state index in [1.807, 2.05) is 6.08 Å². The summed E-state index contributed by atoms with van der Waals surface area (Å²) in [5.41, 5.74) is 0. The Bertz CT molecular complexity index is 465. The predicted octanol–water partition coefficient (Wildman–Crippen LogP) is 5.50. The molecule has 6 nitrogen and oxygen atoms in total. The maximum Gasteiger partial charge on any atom is 0.328 e. The molecule has 0 fully saturated rings. The average Bonchev–Trinajstić information content (AvgIpc) is 2.63. The van der Waals surface area contributed by atoms with Crippen LogP contribution >= 0.6 is 0 Å². The highest BCUT2D eigenvalue weighted by atomic mass is 17.1. The predicted molar refractivity (Wildman–Crippen MR) is 102 cm³/mol. The summed E-state index contributed by atoms with van der Waals surface area (Å²) in [7, 11) is 0. The van der Waals surface area contributed by atoms with Crippen LogP contribution in [0.4, 0.5) is 0 Å². The van der Waals surface area contributed by atoms with E-state index in [-0.39, 0.29) is 11.9 Å². The molecule has 0 heterocycles. The van der Waals surface area contributed by atoms with Crippen molar-refractivity contribution in [1.82, 2.24) is 0 Å². The molecule has 0 spiro atoms. The summed E-state index contributed by atoms with van der Waals surface area (Å²) in [4.78, 5) is 19.0. The Morgan fingerprint density at radius 1 is 0.962 bits per heavy atom.